The molecule has 14 heteroatoms. The molecule has 0 amide bonds. The van der Waals surface area contributed by atoms with E-state index in [9.17, 15) is 34.8 Å². The highest BCUT2D eigenvalue weighted by Gasteiger charge is 2.52. The van der Waals surface area contributed by atoms with Crippen LogP contribution in [0.2, 0.25) is 0 Å². The van der Waals surface area contributed by atoms with Gasteiger partial charge in [-0.1, -0.05) is 36.4 Å². The number of rotatable bonds is 8. The van der Waals surface area contributed by atoms with Gasteiger partial charge in [0.1, 0.15) is 5.82 Å². The first-order valence-corrected chi connectivity index (χ1v) is 14.6. The Labute approximate surface area is 233 Å². The van der Waals surface area contributed by atoms with Crippen molar-refractivity contribution in [2.75, 3.05) is 6.54 Å². The number of nitrogens with zero attached hydrogens (tertiary/aromatic N) is 3. The van der Waals surface area contributed by atoms with Crippen molar-refractivity contribution in [3.8, 4) is 11.4 Å². The summed E-state index contributed by atoms with van der Waals surface area (Å²) in [5.41, 5.74) is -2.61. The molecule has 3 saturated carbocycles. The molecule has 3 aliphatic carbocycles. The van der Waals surface area contributed by atoms with Gasteiger partial charge in [0.05, 0.1) is 11.1 Å². The molecule has 0 radical (unpaired) electrons. The molecule has 0 aliphatic heterocycles. The lowest BCUT2D eigenvalue weighted by atomic mass is 9.53. The van der Waals surface area contributed by atoms with Crippen molar-refractivity contribution in [1.29, 1.82) is 0 Å². The maximum Gasteiger partial charge on any atom is 0.417 e. The molecule has 2 bridgehead atoms. The zero-order chi connectivity index (χ0) is 29.7. The number of nitrogens with one attached hydrogen (secondary N) is 2. The predicted octanol–water partition coefficient (Wildman–Crippen LogP) is 5.74. The van der Waals surface area contributed by atoms with E-state index < -0.39 is 40.2 Å². The summed E-state index contributed by atoms with van der Waals surface area (Å²) >= 11 is 0. The summed E-state index contributed by atoms with van der Waals surface area (Å²) in [6, 6.07) is 10.0. The summed E-state index contributed by atoms with van der Waals surface area (Å²) in [7, 11) is -2.41. The van der Waals surface area contributed by atoms with Crippen molar-refractivity contribution in [1.82, 2.24) is 24.2 Å². The molecule has 6 rings (SSSR count). The Hall–Kier alpha value is -2.97. The predicted molar refractivity (Wildman–Crippen MR) is 138 cm³/mol. The highest BCUT2D eigenvalue weighted by atomic mass is 32.2. The number of aromatic nitrogens is 3. The van der Waals surface area contributed by atoms with E-state index in [1.165, 1.54) is 36.4 Å². The third-order valence-electron chi connectivity index (χ3n) is 8.64. The molecule has 1 heterocycles. The lowest BCUT2D eigenvalue weighted by molar-refractivity contribution is -0.138. The van der Waals surface area contributed by atoms with Crippen molar-refractivity contribution < 1.29 is 34.8 Å². The van der Waals surface area contributed by atoms with Gasteiger partial charge in [-0.05, 0) is 61.6 Å². The van der Waals surface area contributed by atoms with E-state index in [-0.39, 0.29) is 34.3 Å². The molecule has 0 saturated heterocycles. The van der Waals surface area contributed by atoms with Crippen molar-refractivity contribution >= 4 is 10.2 Å². The van der Waals surface area contributed by atoms with Gasteiger partial charge in [-0.3, -0.25) is 0 Å². The fourth-order valence-electron chi connectivity index (χ4n) is 6.24. The minimum Gasteiger partial charge on any atom is -0.314 e. The van der Waals surface area contributed by atoms with Crippen molar-refractivity contribution in [3.05, 3.63) is 71.0 Å². The van der Waals surface area contributed by atoms with Crippen LogP contribution in [0, 0.1) is 5.41 Å². The van der Waals surface area contributed by atoms with Crippen LogP contribution in [0.4, 0.5) is 26.3 Å². The van der Waals surface area contributed by atoms with Crippen LogP contribution < -0.4 is 9.44 Å². The molecule has 222 valence electrons. The van der Waals surface area contributed by atoms with Crippen molar-refractivity contribution in [2.45, 2.75) is 62.8 Å². The highest BCUT2D eigenvalue weighted by Crippen LogP contribution is 2.57. The van der Waals surface area contributed by atoms with Gasteiger partial charge in [-0.25, -0.2) is 4.72 Å². The Balaban J connectivity index is 1.25. The molecule has 3 aromatic rings. The number of alkyl halides is 6. The van der Waals surface area contributed by atoms with E-state index in [2.05, 4.69) is 19.6 Å². The van der Waals surface area contributed by atoms with Crippen LogP contribution in [0.3, 0.4) is 0 Å². The van der Waals surface area contributed by atoms with Crippen LogP contribution in [-0.4, -0.2) is 29.7 Å². The van der Waals surface area contributed by atoms with E-state index in [1.807, 2.05) is 0 Å². The average molecular weight is 602 g/mol. The van der Waals surface area contributed by atoms with E-state index in [0.717, 1.165) is 12.1 Å². The topological polar surface area (TPSA) is 88.9 Å². The number of hydrogen-bond acceptors (Lipinski definition) is 4. The first-order valence-electron chi connectivity index (χ1n) is 13.1. The van der Waals surface area contributed by atoms with E-state index in [1.54, 1.807) is 11.6 Å². The molecule has 1 aromatic heterocycles. The molecular weight excluding hydrogens is 572 g/mol. The normalized spacial score (nSPS) is 23.2. The molecule has 0 atom stereocenters. The van der Waals surface area contributed by atoms with Crippen LogP contribution in [0.15, 0.2) is 48.5 Å². The van der Waals surface area contributed by atoms with Crippen LogP contribution in [-0.2, 0) is 41.6 Å². The third kappa shape index (κ3) is 5.86. The molecule has 41 heavy (non-hydrogen) atoms. The quantitative estimate of drug-likeness (QED) is 0.323. The Morgan fingerprint density at radius 2 is 1.37 bits per heavy atom. The molecule has 2 N–H and O–H groups in total. The van der Waals surface area contributed by atoms with Crippen LogP contribution in [0.1, 0.15) is 61.0 Å². The summed E-state index contributed by atoms with van der Waals surface area (Å²) in [5.74, 6) is 0.749. The van der Waals surface area contributed by atoms with E-state index in [0.29, 0.717) is 44.3 Å². The van der Waals surface area contributed by atoms with Crippen molar-refractivity contribution in [2.24, 2.45) is 12.5 Å². The summed E-state index contributed by atoms with van der Waals surface area (Å²) in [6.45, 7) is -0.380. The standard InChI is InChI=1S/C27H29F6N5O2S/c1-38-22(19-7-3-5-9-21(19)27(31,32)33)36-37-23(38)25-13-10-24(11-14-25,12-15-25)17-35-41(39,40)34-16-18-6-2-4-8-20(18)26(28,29)30/h2-9,34-35H,10-17H2,1H3. The first-order chi connectivity index (χ1) is 19.1. The zero-order valence-electron chi connectivity index (χ0n) is 22.1. The van der Waals surface area contributed by atoms with Gasteiger partial charge in [0.15, 0.2) is 5.82 Å². The van der Waals surface area contributed by atoms with E-state index in [4.69, 9.17) is 0 Å². The second-order valence-corrected chi connectivity index (χ2v) is 12.6. The molecule has 7 nitrogen and oxygen atoms in total. The number of hydrogen-bond donors (Lipinski definition) is 2. The molecule has 3 fully saturated rings. The minimum atomic E-state index is -4.60. The summed E-state index contributed by atoms with van der Waals surface area (Å²) in [5, 5.41) is 8.48. The molecule has 0 unspecified atom stereocenters. The minimum absolute atomic E-state index is 0.0432. The second-order valence-electron chi connectivity index (χ2n) is 11.0. The van der Waals surface area contributed by atoms with Gasteiger partial charge in [0, 0.05) is 31.1 Å². The summed E-state index contributed by atoms with van der Waals surface area (Å²) in [6.07, 6.45) is -5.18. The maximum atomic E-state index is 13.6. The molecular formula is C27H29F6N5O2S. The smallest absolute Gasteiger partial charge is 0.314 e. The van der Waals surface area contributed by atoms with Crippen LogP contribution in [0.5, 0.6) is 0 Å². The largest absolute Gasteiger partial charge is 0.417 e. The second kappa shape index (κ2) is 10.4. The monoisotopic (exact) mass is 601 g/mol. The maximum absolute atomic E-state index is 13.6. The Morgan fingerprint density at radius 1 is 0.805 bits per heavy atom. The summed E-state index contributed by atoms with van der Waals surface area (Å²) < 4.78 is 112. The van der Waals surface area contributed by atoms with Crippen LogP contribution >= 0.6 is 0 Å². The third-order valence-corrected chi connectivity index (χ3v) is 9.69. The highest BCUT2D eigenvalue weighted by molar-refractivity contribution is 7.87. The van der Waals surface area contributed by atoms with Gasteiger partial charge >= 0.3 is 12.4 Å². The fourth-order valence-corrected chi connectivity index (χ4v) is 7.18. The number of halogens is 6. The SMILES string of the molecule is Cn1c(-c2ccccc2C(F)(F)F)nnc1C12CCC(CNS(=O)(=O)NCc3ccccc3C(F)(F)F)(CC1)CC2. The van der Waals surface area contributed by atoms with Gasteiger partial charge in [0.25, 0.3) is 10.2 Å². The van der Waals surface area contributed by atoms with Gasteiger partial charge in [-0.2, -0.15) is 39.5 Å². The van der Waals surface area contributed by atoms with Gasteiger partial charge in [-0.15, -0.1) is 10.2 Å². The van der Waals surface area contributed by atoms with Crippen molar-refractivity contribution in [3.63, 3.8) is 0 Å². The molecule has 3 aliphatic rings. The van der Waals surface area contributed by atoms with Gasteiger partial charge < -0.3 is 4.57 Å². The summed E-state index contributed by atoms with van der Waals surface area (Å²) in [4.78, 5) is 0. The molecule has 0 spiro atoms. The van der Waals surface area contributed by atoms with Gasteiger partial charge in [0.2, 0.25) is 0 Å². The zero-order valence-corrected chi connectivity index (χ0v) is 22.9. The number of benzene rings is 2. The van der Waals surface area contributed by atoms with Crippen LogP contribution in [0.25, 0.3) is 11.4 Å². The Kier molecular flexibility index (Phi) is 7.48. The lowest BCUT2D eigenvalue weighted by Gasteiger charge is -2.52. The van der Waals surface area contributed by atoms with E-state index >= 15 is 0 Å². The number of fused-ring (bicyclic) bond motifs is 3. The lowest BCUT2D eigenvalue weighted by Crippen LogP contribution is -2.51. The Morgan fingerprint density at radius 3 is 1.98 bits per heavy atom. The Bertz CT molecular complexity index is 1510. The average Bonchev–Trinajstić information content (AvgIpc) is 3.33. The molecule has 2 aromatic carbocycles. The first kappa shape index (κ1) is 29.5. The fraction of sp³-hybridized carbons (Fsp3) is 0.481.